The van der Waals surface area contributed by atoms with Crippen LogP contribution in [0.4, 0.5) is 5.69 Å². The van der Waals surface area contributed by atoms with Gasteiger partial charge in [-0.25, -0.2) is 0 Å². The third kappa shape index (κ3) is 4.13. The Morgan fingerprint density at radius 3 is 2.80 bits per heavy atom. The molecule has 1 aliphatic rings. The first-order chi connectivity index (χ1) is 9.69. The predicted octanol–water partition coefficient (Wildman–Crippen LogP) is 1.49. The van der Waals surface area contributed by atoms with Crippen LogP contribution in [-0.4, -0.2) is 44.1 Å². The molecule has 0 unspecified atom stereocenters. The summed E-state index contributed by atoms with van der Waals surface area (Å²) in [5.74, 6) is 0.504. The highest BCUT2D eigenvalue weighted by Gasteiger charge is 2.11. The van der Waals surface area contributed by atoms with Crippen LogP contribution in [0.5, 0.6) is 5.75 Å². The van der Waals surface area contributed by atoms with Gasteiger partial charge in [0.25, 0.3) is 5.91 Å². The van der Waals surface area contributed by atoms with E-state index in [1.165, 1.54) is 25.9 Å². The number of ether oxygens (including phenoxy) is 1. The number of likely N-dealkylation sites (tertiary alicyclic amines) is 1. The molecule has 1 fully saturated rings. The van der Waals surface area contributed by atoms with Gasteiger partial charge >= 0.3 is 0 Å². The molecule has 5 nitrogen and oxygen atoms in total. The number of carbonyl (C=O) groups is 1. The zero-order chi connectivity index (χ0) is 14.4. The number of hydrogen-bond acceptors (Lipinski definition) is 4. The lowest BCUT2D eigenvalue weighted by atomic mass is 10.1. The lowest BCUT2D eigenvalue weighted by molar-refractivity contribution is 0.0951. The fraction of sp³-hybridized carbons (Fsp3) is 0.533. The summed E-state index contributed by atoms with van der Waals surface area (Å²) in [6.45, 7) is 4.13. The third-order valence-electron chi connectivity index (χ3n) is 3.56. The monoisotopic (exact) mass is 277 g/mol. The summed E-state index contributed by atoms with van der Waals surface area (Å²) >= 11 is 0. The number of amides is 1. The first-order valence-corrected chi connectivity index (χ1v) is 7.14. The van der Waals surface area contributed by atoms with Crippen LogP contribution in [-0.2, 0) is 0 Å². The predicted molar refractivity (Wildman–Crippen MR) is 80.0 cm³/mol. The summed E-state index contributed by atoms with van der Waals surface area (Å²) in [4.78, 5) is 14.5. The van der Waals surface area contributed by atoms with Crippen molar-refractivity contribution in [1.29, 1.82) is 0 Å². The van der Waals surface area contributed by atoms with Gasteiger partial charge in [0.1, 0.15) is 5.75 Å². The Kier molecular flexibility index (Phi) is 5.24. The lowest BCUT2D eigenvalue weighted by Gasteiger charge is -2.14. The van der Waals surface area contributed by atoms with E-state index in [0.29, 0.717) is 23.5 Å². The third-order valence-corrected chi connectivity index (χ3v) is 3.56. The summed E-state index contributed by atoms with van der Waals surface area (Å²) in [6, 6.07) is 5.06. The molecule has 0 saturated carbocycles. The number of benzene rings is 1. The van der Waals surface area contributed by atoms with E-state index >= 15 is 0 Å². The maximum absolute atomic E-state index is 12.0. The fourth-order valence-corrected chi connectivity index (χ4v) is 2.48. The number of hydrogen-bond donors (Lipinski definition) is 2. The van der Waals surface area contributed by atoms with Gasteiger partial charge in [0.2, 0.25) is 0 Å². The molecule has 5 heteroatoms. The fourth-order valence-electron chi connectivity index (χ4n) is 2.48. The summed E-state index contributed by atoms with van der Waals surface area (Å²) in [7, 11) is 1.56. The second-order valence-electron chi connectivity index (χ2n) is 5.15. The van der Waals surface area contributed by atoms with E-state index in [2.05, 4.69) is 10.2 Å². The van der Waals surface area contributed by atoms with Crippen molar-refractivity contribution in [2.45, 2.75) is 19.3 Å². The second kappa shape index (κ2) is 7.14. The molecular formula is C15H23N3O2. The molecule has 2 rings (SSSR count). The molecular weight excluding hydrogens is 254 g/mol. The van der Waals surface area contributed by atoms with Crippen LogP contribution in [0, 0.1) is 0 Å². The molecule has 0 aromatic heterocycles. The minimum atomic E-state index is -0.1000. The number of rotatable bonds is 6. The summed E-state index contributed by atoms with van der Waals surface area (Å²) in [5, 5.41) is 2.92. The van der Waals surface area contributed by atoms with Gasteiger partial charge in [-0.15, -0.1) is 0 Å². The average Bonchev–Trinajstić information content (AvgIpc) is 2.95. The van der Waals surface area contributed by atoms with Crippen molar-refractivity contribution in [3.63, 3.8) is 0 Å². The normalized spacial score (nSPS) is 15.2. The van der Waals surface area contributed by atoms with Gasteiger partial charge in [-0.2, -0.15) is 0 Å². The van der Waals surface area contributed by atoms with Gasteiger partial charge in [0.05, 0.1) is 7.11 Å². The van der Waals surface area contributed by atoms with Crippen molar-refractivity contribution in [2.24, 2.45) is 0 Å². The molecule has 1 aliphatic heterocycles. The topological polar surface area (TPSA) is 67.6 Å². The lowest BCUT2D eigenvalue weighted by Crippen LogP contribution is -2.28. The van der Waals surface area contributed by atoms with E-state index in [0.717, 1.165) is 13.0 Å². The minimum Gasteiger partial charge on any atom is -0.497 e. The van der Waals surface area contributed by atoms with Gasteiger partial charge in [-0.05, 0) is 51.0 Å². The van der Waals surface area contributed by atoms with Crippen molar-refractivity contribution < 1.29 is 9.53 Å². The van der Waals surface area contributed by atoms with Crippen LogP contribution in [0.2, 0.25) is 0 Å². The average molecular weight is 277 g/mol. The minimum absolute atomic E-state index is 0.1000. The molecule has 3 N–H and O–H groups in total. The highest BCUT2D eigenvalue weighted by Crippen LogP contribution is 2.18. The molecule has 1 aromatic carbocycles. The molecule has 0 atom stereocenters. The quantitative estimate of drug-likeness (QED) is 0.611. The largest absolute Gasteiger partial charge is 0.497 e. The molecule has 0 radical (unpaired) electrons. The van der Waals surface area contributed by atoms with Gasteiger partial charge in [-0.3, -0.25) is 4.79 Å². The van der Waals surface area contributed by atoms with E-state index in [1.54, 1.807) is 25.3 Å². The van der Waals surface area contributed by atoms with E-state index in [4.69, 9.17) is 10.5 Å². The molecule has 110 valence electrons. The van der Waals surface area contributed by atoms with Crippen LogP contribution in [0.15, 0.2) is 18.2 Å². The number of nitrogens with zero attached hydrogens (tertiary/aromatic N) is 1. The van der Waals surface area contributed by atoms with Crippen LogP contribution in [0.3, 0.4) is 0 Å². The van der Waals surface area contributed by atoms with Crippen molar-refractivity contribution >= 4 is 11.6 Å². The van der Waals surface area contributed by atoms with Gasteiger partial charge in [0, 0.05) is 23.9 Å². The maximum Gasteiger partial charge on any atom is 0.251 e. The van der Waals surface area contributed by atoms with E-state index in [9.17, 15) is 4.79 Å². The van der Waals surface area contributed by atoms with Crippen LogP contribution >= 0.6 is 0 Å². The molecule has 1 aromatic rings. The van der Waals surface area contributed by atoms with E-state index in [1.807, 2.05) is 0 Å². The SMILES string of the molecule is COc1cc(N)cc(C(=O)NCCCN2CCCC2)c1. The van der Waals surface area contributed by atoms with Crippen molar-refractivity contribution in [1.82, 2.24) is 10.2 Å². The molecule has 0 bridgehead atoms. The first-order valence-electron chi connectivity index (χ1n) is 7.14. The number of carbonyl (C=O) groups excluding carboxylic acids is 1. The van der Waals surface area contributed by atoms with E-state index in [-0.39, 0.29) is 5.91 Å². The summed E-state index contributed by atoms with van der Waals surface area (Å²) in [6.07, 6.45) is 3.58. The highest BCUT2D eigenvalue weighted by atomic mass is 16.5. The summed E-state index contributed by atoms with van der Waals surface area (Å²) < 4.78 is 5.11. The summed E-state index contributed by atoms with van der Waals surface area (Å²) in [5.41, 5.74) is 6.82. The molecule has 1 heterocycles. The van der Waals surface area contributed by atoms with Crippen molar-refractivity contribution in [3.05, 3.63) is 23.8 Å². The van der Waals surface area contributed by atoms with Gasteiger partial charge in [0.15, 0.2) is 0 Å². The van der Waals surface area contributed by atoms with Crippen LogP contribution in [0.1, 0.15) is 29.6 Å². The Morgan fingerprint density at radius 2 is 2.10 bits per heavy atom. The molecule has 1 saturated heterocycles. The smallest absolute Gasteiger partial charge is 0.251 e. The van der Waals surface area contributed by atoms with Gasteiger partial charge < -0.3 is 20.7 Å². The number of anilines is 1. The zero-order valence-electron chi connectivity index (χ0n) is 12.0. The van der Waals surface area contributed by atoms with Crippen LogP contribution in [0.25, 0.3) is 0 Å². The Bertz CT molecular complexity index is 456. The molecule has 1 amide bonds. The first kappa shape index (κ1) is 14.7. The molecule has 0 aliphatic carbocycles. The van der Waals surface area contributed by atoms with Gasteiger partial charge in [-0.1, -0.05) is 0 Å². The molecule has 0 spiro atoms. The standard InChI is InChI=1S/C15H23N3O2/c1-20-14-10-12(9-13(16)11-14)15(19)17-5-4-8-18-6-2-3-7-18/h9-11H,2-8,16H2,1H3,(H,17,19). The van der Waals surface area contributed by atoms with Crippen LogP contribution < -0.4 is 15.8 Å². The van der Waals surface area contributed by atoms with Crippen molar-refractivity contribution in [3.8, 4) is 5.75 Å². The Balaban J connectivity index is 1.77. The van der Waals surface area contributed by atoms with Crippen molar-refractivity contribution in [2.75, 3.05) is 39.0 Å². The Hall–Kier alpha value is -1.75. The zero-order valence-corrected chi connectivity index (χ0v) is 12.0. The highest BCUT2D eigenvalue weighted by molar-refractivity contribution is 5.95. The molecule has 20 heavy (non-hydrogen) atoms. The van der Waals surface area contributed by atoms with E-state index < -0.39 is 0 Å². The maximum atomic E-state index is 12.0. The Morgan fingerprint density at radius 1 is 1.35 bits per heavy atom. The Labute approximate surface area is 120 Å². The number of nitrogens with two attached hydrogens (primary N) is 1. The number of nitrogens with one attached hydrogen (secondary N) is 1. The number of nitrogen functional groups attached to an aromatic ring is 1. The second-order valence-corrected chi connectivity index (χ2v) is 5.15. The number of methoxy groups -OCH3 is 1.